The van der Waals surface area contributed by atoms with E-state index in [0.717, 1.165) is 17.7 Å². The molecule has 0 radical (unpaired) electrons. The van der Waals surface area contributed by atoms with Crippen LogP contribution < -0.4 is 16.0 Å². The number of ketones is 1. The number of carbonyl (C=O) groups excluding carboxylic acids is 5. The molecule has 0 spiro atoms. The van der Waals surface area contributed by atoms with Crippen LogP contribution in [0.2, 0.25) is 0 Å². The number of alkyl halides is 3. The van der Waals surface area contributed by atoms with Crippen molar-refractivity contribution in [1.29, 1.82) is 0 Å². The zero-order valence-electron chi connectivity index (χ0n) is 20.6. The third-order valence-electron chi connectivity index (χ3n) is 7.34. The molecule has 1 saturated carbocycles. The van der Waals surface area contributed by atoms with Crippen molar-refractivity contribution >= 4 is 35.2 Å². The van der Waals surface area contributed by atoms with Gasteiger partial charge in [-0.2, -0.15) is 5.10 Å². The first kappa shape index (κ1) is 27.5. The molecule has 2 saturated heterocycles. The molecule has 1 aliphatic carbocycles. The van der Waals surface area contributed by atoms with E-state index in [1.54, 1.807) is 13.2 Å². The van der Waals surface area contributed by atoms with Gasteiger partial charge in [0.25, 0.3) is 0 Å². The Bertz CT molecular complexity index is 1110. The fourth-order valence-electron chi connectivity index (χ4n) is 5.57. The van der Waals surface area contributed by atoms with Crippen molar-refractivity contribution in [3.8, 4) is 0 Å². The van der Waals surface area contributed by atoms with Gasteiger partial charge in [-0.1, -0.05) is 6.42 Å². The molecule has 15 heteroatoms. The zero-order chi connectivity index (χ0) is 27.6. The van der Waals surface area contributed by atoms with Crippen molar-refractivity contribution in [2.24, 2.45) is 24.8 Å². The van der Waals surface area contributed by atoms with E-state index >= 15 is 0 Å². The van der Waals surface area contributed by atoms with Crippen molar-refractivity contribution in [3.63, 3.8) is 0 Å². The minimum atomic E-state index is -5.05. The predicted molar refractivity (Wildman–Crippen MR) is 123 cm³/mol. The number of carbonyl (C=O) groups is 5. The maximum absolute atomic E-state index is 13.5. The number of halogens is 3. The highest BCUT2D eigenvalue weighted by Gasteiger charge is 2.51. The Morgan fingerprint density at radius 2 is 2.00 bits per heavy atom. The van der Waals surface area contributed by atoms with Gasteiger partial charge >= 0.3 is 18.2 Å². The number of likely N-dealkylation sites (tertiary alicyclic amines) is 1. The molecule has 2 aliphatic heterocycles. The van der Waals surface area contributed by atoms with Gasteiger partial charge in [0.15, 0.2) is 11.6 Å². The van der Waals surface area contributed by atoms with Crippen LogP contribution in [0.4, 0.5) is 19.0 Å². The molecule has 5 atom stereocenters. The fourth-order valence-corrected chi connectivity index (χ4v) is 5.57. The molecule has 4 amide bonds. The maximum Gasteiger partial charge on any atom is 0.522 e. The second-order valence-corrected chi connectivity index (χ2v) is 9.86. The van der Waals surface area contributed by atoms with Crippen LogP contribution in [0.3, 0.4) is 0 Å². The highest BCUT2D eigenvalue weighted by molar-refractivity contribution is 6.39. The van der Waals surface area contributed by atoms with Gasteiger partial charge in [0.1, 0.15) is 12.6 Å². The van der Waals surface area contributed by atoms with Crippen molar-refractivity contribution in [1.82, 2.24) is 25.3 Å². The molecule has 1 aromatic heterocycles. The number of ether oxygens (including phenoxy) is 1. The highest BCUT2D eigenvalue weighted by atomic mass is 19.4. The standard InChI is InChI=1S/C23H29F3N6O6/c1-31-8-6-17(30-31)29-21(36)22(37)32-10-13-3-2-4-14(13)18(32)20(35)28-15(9-12-5-7-27-19(12)34)16(33)11-38-23(24,25)26/h6,8,12-15,18H,2-5,7,9-11H2,1H3,(H,27,34)(H,28,35)(H,29,30,36)/t12-,13-,14-,15-,18-/m0/s1. The van der Waals surface area contributed by atoms with E-state index in [9.17, 15) is 37.1 Å². The molecule has 12 nitrogen and oxygen atoms in total. The van der Waals surface area contributed by atoms with Gasteiger partial charge in [-0.3, -0.25) is 33.4 Å². The number of nitrogens with one attached hydrogen (secondary N) is 3. The molecule has 0 bridgehead atoms. The normalized spacial score (nSPS) is 25.6. The van der Waals surface area contributed by atoms with E-state index in [-0.39, 0.29) is 36.5 Å². The summed E-state index contributed by atoms with van der Waals surface area (Å²) >= 11 is 0. The topological polar surface area (TPSA) is 152 Å². The van der Waals surface area contributed by atoms with Crippen molar-refractivity contribution in [2.45, 2.75) is 50.6 Å². The van der Waals surface area contributed by atoms with Crippen LogP contribution >= 0.6 is 0 Å². The molecule has 3 fully saturated rings. The molecule has 38 heavy (non-hydrogen) atoms. The zero-order valence-corrected chi connectivity index (χ0v) is 20.6. The smallest absolute Gasteiger partial charge is 0.356 e. The lowest BCUT2D eigenvalue weighted by Crippen LogP contribution is -2.55. The minimum absolute atomic E-state index is 0.0410. The second kappa shape index (κ2) is 11.1. The van der Waals surface area contributed by atoms with E-state index in [4.69, 9.17) is 0 Å². The van der Waals surface area contributed by atoms with Crippen LogP contribution in [0.15, 0.2) is 12.3 Å². The summed E-state index contributed by atoms with van der Waals surface area (Å²) in [5, 5.41) is 11.4. The Labute approximate surface area is 215 Å². The average molecular weight is 543 g/mol. The molecular weight excluding hydrogens is 513 g/mol. The van der Waals surface area contributed by atoms with E-state index in [1.807, 2.05) is 0 Å². The largest absolute Gasteiger partial charge is 0.522 e. The number of Topliss-reactive ketones (excluding diaryl/α,β-unsaturated/α-hetero) is 1. The molecule has 0 aromatic carbocycles. The van der Waals surface area contributed by atoms with Crippen LogP contribution in [-0.4, -0.2) is 82.2 Å². The number of rotatable bonds is 8. The van der Waals surface area contributed by atoms with Crippen molar-refractivity contribution in [3.05, 3.63) is 12.3 Å². The first-order valence-electron chi connectivity index (χ1n) is 12.4. The number of hydrogen-bond acceptors (Lipinski definition) is 7. The lowest BCUT2D eigenvalue weighted by molar-refractivity contribution is -0.321. The SMILES string of the molecule is Cn1ccc(NC(=O)C(=O)N2C[C@@H]3CCC[C@@H]3[C@H]2C(=O)N[C@@H](C[C@@H]2CCNC2=O)C(=O)COC(F)(F)F)n1. The summed E-state index contributed by atoms with van der Waals surface area (Å²) in [6.45, 7) is -0.843. The summed E-state index contributed by atoms with van der Waals surface area (Å²) in [6.07, 6.45) is -1.19. The maximum atomic E-state index is 13.5. The molecule has 0 unspecified atom stereocenters. The van der Waals surface area contributed by atoms with Gasteiger partial charge in [0, 0.05) is 38.3 Å². The third kappa shape index (κ3) is 6.31. The number of amides is 4. The molecule has 1 aromatic rings. The Morgan fingerprint density at radius 1 is 1.24 bits per heavy atom. The highest BCUT2D eigenvalue weighted by Crippen LogP contribution is 2.42. The molecule has 3 N–H and O–H groups in total. The quantitative estimate of drug-likeness (QED) is 0.394. The summed E-state index contributed by atoms with van der Waals surface area (Å²) in [6, 6.07) is -1.05. The van der Waals surface area contributed by atoms with Crippen molar-refractivity contribution in [2.75, 3.05) is 25.0 Å². The van der Waals surface area contributed by atoms with E-state index < -0.39 is 54.5 Å². The summed E-state index contributed by atoms with van der Waals surface area (Å²) in [5.74, 6) is -4.98. The monoisotopic (exact) mass is 542 g/mol. The predicted octanol–water partition coefficient (Wildman–Crippen LogP) is 0.102. The average Bonchev–Trinajstić information content (AvgIpc) is 3.62. The molecule has 208 valence electrons. The number of aryl methyl sites for hydroxylation is 1. The number of hydrogen-bond donors (Lipinski definition) is 3. The van der Waals surface area contributed by atoms with E-state index in [1.165, 1.54) is 10.7 Å². The van der Waals surface area contributed by atoms with Crippen LogP contribution in [0, 0.1) is 17.8 Å². The van der Waals surface area contributed by atoms with Crippen molar-refractivity contribution < 1.29 is 41.9 Å². The Balaban J connectivity index is 1.50. The Hall–Kier alpha value is -3.49. The van der Waals surface area contributed by atoms with E-state index in [0.29, 0.717) is 19.4 Å². The van der Waals surface area contributed by atoms with Crippen LogP contribution in [0.1, 0.15) is 32.1 Å². The summed E-state index contributed by atoms with van der Waals surface area (Å²) in [7, 11) is 1.63. The number of nitrogens with zero attached hydrogens (tertiary/aromatic N) is 3. The lowest BCUT2D eigenvalue weighted by Gasteiger charge is -2.29. The molecular formula is C23H29F3N6O6. The van der Waals surface area contributed by atoms with Crippen LogP contribution in [-0.2, 0) is 35.8 Å². The lowest BCUT2D eigenvalue weighted by atomic mass is 9.92. The number of aromatic nitrogens is 2. The molecule has 3 aliphatic rings. The summed E-state index contributed by atoms with van der Waals surface area (Å²) in [5.41, 5.74) is 0. The van der Waals surface area contributed by atoms with E-state index in [2.05, 4.69) is 25.8 Å². The van der Waals surface area contributed by atoms with Gasteiger partial charge in [-0.25, -0.2) is 0 Å². The van der Waals surface area contributed by atoms with Gasteiger partial charge < -0.3 is 20.9 Å². The number of fused-ring (bicyclic) bond motifs is 1. The second-order valence-electron chi connectivity index (χ2n) is 9.86. The summed E-state index contributed by atoms with van der Waals surface area (Å²) < 4.78 is 42.8. The molecule has 4 rings (SSSR count). The van der Waals surface area contributed by atoms with Gasteiger partial charge in [-0.15, -0.1) is 13.2 Å². The Kier molecular flexibility index (Phi) is 8.04. The third-order valence-corrected chi connectivity index (χ3v) is 7.34. The van der Waals surface area contributed by atoms with Gasteiger partial charge in [0.05, 0.1) is 6.04 Å². The fraction of sp³-hybridized carbons (Fsp3) is 0.652. The minimum Gasteiger partial charge on any atom is -0.356 e. The van der Waals surface area contributed by atoms with Gasteiger partial charge in [0.2, 0.25) is 11.8 Å². The van der Waals surface area contributed by atoms with Gasteiger partial charge in [-0.05, 0) is 37.5 Å². The first-order chi connectivity index (χ1) is 17.9. The first-order valence-corrected chi connectivity index (χ1v) is 12.4. The summed E-state index contributed by atoms with van der Waals surface area (Å²) in [4.78, 5) is 65.1. The number of anilines is 1. The molecule has 3 heterocycles. The van der Waals surface area contributed by atoms with Crippen LogP contribution in [0.5, 0.6) is 0 Å². The van der Waals surface area contributed by atoms with Crippen LogP contribution in [0.25, 0.3) is 0 Å². The Morgan fingerprint density at radius 3 is 2.63 bits per heavy atom.